The smallest absolute Gasteiger partial charge is 0.410 e. The Hall–Kier alpha value is -0.770. The SMILES string of the molecule is CC(C)(C)OC(=O)N1CCNCC2CCCC21. The normalized spacial score (nSPS) is 29.7. The Morgan fingerprint density at radius 3 is 2.82 bits per heavy atom. The molecule has 17 heavy (non-hydrogen) atoms. The molecule has 2 atom stereocenters. The summed E-state index contributed by atoms with van der Waals surface area (Å²) in [5.41, 5.74) is -0.398. The van der Waals surface area contributed by atoms with Gasteiger partial charge in [0.2, 0.25) is 0 Å². The van der Waals surface area contributed by atoms with Crippen LogP contribution in [-0.2, 0) is 4.74 Å². The molecule has 1 aliphatic carbocycles. The number of hydrogen-bond donors (Lipinski definition) is 1. The van der Waals surface area contributed by atoms with Crippen molar-refractivity contribution in [2.45, 2.75) is 51.7 Å². The standard InChI is InChI=1S/C13H24N2O2/c1-13(2,3)17-12(16)15-8-7-14-9-10-5-4-6-11(10)15/h10-11,14H,4-9H2,1-3H3. The van der Waals surface area contributed by atoms with Crippen LogP contribution in [0.4, 0.5) is 4.79 Å². The zero-order chi connectivity index (χ0) is 12.5. The van der Waals surface area contributed by atoms with E-state index in [1.54, 1.807) is 0 Å². The minimum atomic E-state index is -0.398. The van der Waals surface area contributed by atoms with Crippen LogP contribution < -0.4 is 5.32 Å². The Labute approximate surface area is 104 Å². The zero-order valence-corrected chi connectivity index (χ0v) is 11.2. The summed E-state index contributed by atoms with van der Waals surface area (Å²) in [7, 11) is 0. The molecule has 0 spiro atoms. The summed E-state index contributed by atoms with van der Waals surface area (Å²) in [6, 6.07) is 0.389. The van der Waals surface area contributed by atoms with E-state index in [2.05, 4.69) is 5.32 Å². The van der Waals surface area contributed by atoms with Gasteiger partial charge in [0.05, 0.1) is 0 Å². The number of hydrogen-bond acceptors (Lipinski definition) is 3. The topological polar surface area (TPSA) is 41.6 Å². The van der Waals surface area contributed by atoms with Gasteiger partial charge in [0.15, 0.2) is 0 Å². The predicted octanol–water partition coefficient (Wildman–Crippen LogP) is 2.00. The van der Waals surface area contributed by atoms with Gasteiger partial charge in [0.1, 0.15) is 5.60 Å². The predicted molar refractivity (Wildman–Crippen MR) is 66.9 cm³/mol. The average molecular weight is 240 g/mol. The van der Waals surface area contributed by atoms with E-state index >= 15 is 0 Å². The Balaban J connectivity index is 2.04. The number of ether oxygens (including phenoxy) is 1. The van der Waals surface area contributed by atoms with Crippen molar-refractivity contribution in [2.75, 3.05) is 19.6 Å². The summed E-state index contributed by atoms with van der Waals surface area (Å²) in [5, 5.41) is 3.42. The van der Waals surface area contributed by atoms with Crippen LogP contribution in [0.1, 0.15) is 40.0 Å². The van der Waals surface area contributed by atoms with E-state index in [-0.39, 0.29) is 6.09 Å². The molecule has 1 N–H and O–H groups in total. The average Bonchev–Trinajstić information content (AvgIpc) is 2.55. The molecule has 1 heterocycles. The summed E-state index contributed by atoms with van der Waals surface area (Å²) < 4.78 is 5.50. The quantitative estimate of drug-likeness (QED) is 0.704. The van der Waals surface area contributed by atoms with E-state index in [1.807, 2.05) is 25.7 Å². The first-order valence-corrected chi connectivity index (χ1v) is 6.68. The summed E-state index contributed by atoms with van der Waals surface area (Å²) in [5.74, 6) is 0.616. The maximum absolute atomic E-state index is 12.2. The molecule has 1 amide bonds. The van der Waals surface area contributed by atoms with Gasteiger partial charge in [-0.2, -0.15) is 0 Å². The van der Waals surface area contributed by atoms with Gasteiger partial charge >= 0.3 is 6.09 Å². The molecule has 0 aromatic carbocycles. The van der Waals surface area contributed by atoms with Gasteiger partial charge < -0.3 is 15.0 Å². The van der Waals surface area contributed by atoms with Crippen molar-refractivity contribution in [3.8, 4) is 0 Å². The van der Waals surface area contributed by atoms with E-state index in [9.17, 15) is 4.79 Å². The fourth-order valence-corrected chi connectivity index (χ4v) is 2.87. The number of nitrogens with one attached hydrogen (secondary N) is 1. The molecule has 0 radical (unpaired) electrons. The third-order valence-corrected chi connectivity index (χ3v) is 3.58. The first-order valence-electron chi connectivity index (χ1n) is 6.68. The largest absolute Gasteiger partial charge is 0.444 e. The first-order chi connectivity index (χ1) is 7.97. The number of nitrogens with zero attached hydrogens (tertiary/aromatic N) is 1. The van der Waals surface area contributed by atoms with Crippen LogP contribution in [0, 0.1) is 5.92 Å². The highest BCUT2D eigenvalue weighted by atomic mass is 16.6. The van der Waals surface area contributed by atoms with Crippen molar-refractivity contribution in [3.05, 3.63) is 0 Å². The highest BCUT2D eigenvalue weighted by Gasteiger charge is 2.37. The number of rotatable bonds is 0. The lowest BCUT2D eigenvalue weighted by Crippen LogP contribution is -2.45. The van der Waals surface area contributed by atoms with Crippen LogP contribution >= 0.6 is 0 Å². The molecule has 98 valence electrons. The van der Waals surface area contributed by atoms with E-state index in [4.69, 9.17) is 4.74 Å². The minimum Gasteiger partial charge on any atom is -0.444 e. The van der Waals surface area contributed by atoms with Crippen molar-refractivity contribution in [1.82, 2.24) is 10.2 Å². The van der Waals surface area contributed by atoms with Gasteiger partial charge in [-0.25, -0.2) is 4.79 Å². The number of carbonyl (C=O) groups is 1. The molecule has 0 bridgehead atoms. The summed E-state index contributed by atoms with van der Waals surface area (Å²) in [6.07, 6.45) is 3.46. The molecule has 2 aliphatic rings. The minimum absolute atomic E-state index is 0.141. The van der Waals surface area contributed by atoms with Crippen molar-refractivity contribution in [2.24, 2.45) is 5.92 Å². The van der Waals surface area contributed by atoms with Crippen molar-refractivity contribution >= 4 is 6.09 Å². The second kappa shape index (κ2) is 4.84. The lowest BCUT2D eigenvalue weighted by atomic mass is 10.0. The highest BCUT2D eigenvalue weighted by molar-refractivity contribution is 5.68. The first kappa shape index (κ1) is 12.7. The highest BCUT2D eigenvalue weighted by Crippen LogP contribution is 2.31. The Morgan fingerprint density at radius 2 is 2.12 bits per heavy atom. The van der Waals surface area contributed by atoms with E-state index < -0.39 is 5.60 Å². The van der Waals surface area contributed by atoms with Gasteiger partial charge in [-0.05, 0) is 46.1 Å². The maximum Gasteiger partial charge on any atom is 0.410 e. The molecular weight excluding hydrogens is 216 g/mol. The molecule has 4 heteroatoms. The van der Waals surface area contributed by atoms with Crippen molar-refractivity contribution < 1.29 is 9.53 Å². The summed E-state index contributed by atoms with van der Waals surface area (Å²) >= 11 is 0. The van der Waals surface area contributed by atoms with Gasteiger partial charge in [-0.1, -0.05) is 6.42 Å². The van der Waals surface area contributed by atoms with Crippen molar-refractivity contribution in [1.29, 1.82) is 0 Å². The molecule has 0 aromatic heterocycles. The second-order valence-corrected chi connectivity index (χ2v) is 6.14. The van der Waals surface area contributed by atoms with Crippen LogP contribution in [0.3, 0.4) is 0 Å². The maximum atomic E-state index is 12.2. The zero-order valence-electron chi connectivity index (χ0n) is 11.2. The molecule has 2 fully saturated rings. The number of carbonyl (C=O) groups excluding carboxylic acids is 1. The molecule has 1 saturated heterocycles. The molecule has 2 rings (SSSR count). The molecule has 4 nitrogen and oxygen atoms in total. The fraction of sp³-hybridized carbons (Fsp3) is 0.923. The summed E-state index contributed by atoms with van der Waals surface area (Å²) in [4.78, 5) is 14.1. The van der Waals surface area contributed by atoms with Crippen LogP contribution in [0.2, 0.25) is 0 Å². The molecule has 2 unspecified atom stereocenters. The van der Waals surface area contributed by atoms with Gasteiger partial charge in [0, 0.05) is 19.1 Å². The molecule has 0 aromatic rings. The third-order valence-electron chi connectivity index (χ3n) is 3.58. The van der Waals surface area contributed by atoms with E-state index in [0.717, 1.165) is 26.1 Å². The van der Waals surface area contributed by atoms with E-state index in [1.165, 1.54) is 12.8 Å². The van der Waals surface area contributed by atoms with Crippen LogP contribution in [0.15, 0.2) is 0 Å². The Morgan fingerprint density at radius 1 is 1.35 bits per heavy atom. The second-order valence-electron chi connectivity index (χ2n) is 6.14. The van der Waals surface area contributed by atoms with Crippen molar-refractivity contribution in [3.63, 3.8) is 0 Å². The van der Waals surface area contributed by atoms with Gasteiger partial charge in [-0.15, -0.1) is 0 Å². The number of amides is 1. The third kappa shape index (κ3) is 3.12. The van der Waals surface area contributed by atoms with Crippen LogP contribution in [0.5, 0.6) is 0 Å². The van der Waals surface area contributed by atoms with Crippen LogP contribution in [0.25, 0.3) is 0 Å². The molecule has 1 saturated carbocycles. The summed E-state index contributed by atoms with van der Waals surface area (Å²) in [6.45, 7) is 8.47. The monoisotopic (exact) mass is 240 g/mol. The van der Waals surface area contributed by atoms with Gasteiger partial charge in [0.25, 0.3) is 0 Å². The Kier molecular flexibility index (Phi) is 3.61. The molecular formula is C13H24N2O2. The van der Waals surface area contributed by atoms with Crippen LogP contribution in [-0.4, -0.2) is 42.3 Å². The van der Waals surface area contributed by atoms with Gasteiger partial charge in [-0.3, -0.25) is 0 Å². The fourth-order valence-electron chi connectivity index (χ4n) is 2.87. The Bertz CT molecular complexity index is 286. The van der Waals surface area contributed by atoms with E-state index in [0.29, 0.717) is 12.0 Å². The number of fused-ring (bicyclic) bond motifs is 1. The molecule has 1 aliphatic heterocycles. The lowest BCUT2D eigenvalue weighted by Gasteiger charge is -2.32. The lowest BCUT2D eigenvalue weighted by molar-refractivity contribution is 0.0150.